The van der Waals surface area contributed by atoms with E-state index in [0.717, 1.165) is 17.7 Å². The van der Waals surface area contributed by atoms with Gasteiger partial charge in [0.25, 0.3) is 0 Å². The maximum absolute atomic E-state index is 13.8. The molecule has 2 N–H and O–H groups in total. The Morgan fingerprint density at radius 2 is 1.75 bits per heavy atom. The first kappa shape index (κ1) is 23.2. The Morgan fingerprint density at radius 1 is 1.06 bits per heavy atom. The summed E-state index contributed by atoms with van der Waals surface area (Å²) in [4.78, 5) is 24.8. The van der Waals surface area contributed by atoms with E-state index < -0.39 is 11.7 Å². The van der Waals surface area contributed by atoms with Gasteiger partial charge >= 0.3 is 0 Å². The molecule has 0 fully saturated rings. The van der Waals surface area contributed by atoms with Gasteiger partial charge in [0, 0.05) is 12.2 Å². The molecule has 3 rings (SSSR count). The van der Waals surface area contributed by atoms with Gasteiger partial charge in [0.05, 0.1) is 17.9 Å². The van der Waals surface area contributed by atoms with Crippen LogP contribution in [-0.4, -0.2) is 32.3 Å². The van der Waals surface area contributed by atoms with Gasteiger partial charge in [0.2, 0.25) is 11.8 Å². The Balaban J connectivity index is 1.64. The van der Waals surface area contributed by atoms with Crippen LogP contribution in [0.5, 0.6) is 0 Å². The van der Waals surface area contributed by atoms with Crippen LogP contribution in [0.25, 0.3) is 0 Å². The number of thioether (sulfide) groups is 1. The van der Waals surface area contributed by atoms with Gasteiger partial charge < -0.3 is 15.2 Å². The minimum Gasteiger partial charge on any atom is -0.325 e. The summed E-state index contributed by atoms with van der Waals surface area (Å²) < 4.78 is 15.5. The Labute approximate surface area is 190 Å². The van der Waals surface area contributed by atoms with E-state index in [1.165, 1.54) is 23.9 Å². The number of nitrogens with zero attached hydrogens (tertiary/aromatic N) is 3. The first-order valence-electron chi connectivity index (χ1n) is 10.1. The molecule has 0 aliphatic rings. The van der Waals surface area contributed by atoms with Crippen molar-refractivity contribution in [3.05, 3.63) is 78.4 Å². The predicted molar refractivity (Wildman–Crippen MR) is 124 cm³/mol. The highest BCUT2D eigenvalue weighted by Gasteiger charge is 2.17. The minimum atomic E-state index is -0.514. The van der Waals surface area contributed by atoms with E-state index in [4.69, 9.17) is 0 Å². The highest BCUT2D eigenvalue weighted by molar-refractivity contribution is 7.99. The minimum absolute atomic E-state index is 0.0915. The van der Waals surface area contributed by atoms with Crippen LogP contribution in [0.3, 0.4) is 0 Å². The van der Waals surface area contributed by atoms with E-state index in [-0.39, 0.29) is 23.8 Å². The Kier molecular flexibility index (Phi) is 8.15. The first-order chi connectivity index (χ1) is 15.5. The van der Waals surface area contributed by atoms with Gasteiger partial charge in [-0.05, 0) is 30.2 Å². The zero-order valence-electron chi connectivity index (χ0n) is 17.7. The fourth-order valence-electron chi connectivity index (χ4n) is 3.04. The SMILES string of the molecule is C=CCn1c(CC(=O)Nc2ccccc2F)nnc1SCC(=O)Nc1ccccc1CC. The van der Waals surface area contributed by atoms with E-state index in [0.29, 0.717) is 17.5 Å². The Morgan fingerprint density at radius 3 is 2.47 bits per heavy atom. The number of carbonyl (C=O) groups is 2. The molecule has 166 valence electrons. The van der Waals surface area contributed by atoms with Gasteiger partial charge in [0.15, 0.2) is 5.16 Å². The molecule has 1 aromatic heterocycles. The van der Waals surface area contributed by atoms with Crippen LogP contribution in [0, 0.1) is 5.82 Å². The molecule has 0 spiro atoms. The Bertz CT molecular complexity index is 1120. The molecule has 32 heavy (non-hydrogen) atoms. The van der Waals surface area contributed by atoms with Crippen LogP contribution in [0.15, 0.2) is 66.3 Å². The third-order valence-corrected chi connectivity index (χ3v) is 5.54. The van der Waals surface area contributed by atoms with Crippen molar-refractivity contribution < 1.29 is 14.0 Å². The molecule has 0 saturated carbocycles. The lowest BCUT2D eigenvalue weighted by Crippen LogP contribution is -2.19. The summed E-state index contributed by atoms with van der Waals surface area (Å²) >= 11 is 1.22. The number of hydrogen-bond acceptors (Lipinski definition) is 5. The highest BCUT2D eigenvalue weighted by atomic mass is 32.2. The number of anilines is 2. The van der Waals surface area contributed by atoms with Gasteiger partial charge in [-0.15, -0.1) is 16.8 Å². The second kappa shape index (κ2) is 11.2. The molecule has 0 aliphatic heterocycles. The molecule has 1 heterocycles. The van der Waals surface area contributed by atoms with Crippen molar-refractivity contribution in [2.24, 2.45) is 0 Å². The van der Waals surface area contributed by atoms with Crippen molar-refractivity contribution in [3.8, 4) is 0 Å². The molecular formula is C23H24FN5O2S. The van der Waals surface area contributed by atoms with Crippen molar-refractivity contribution in [3.63, 3.8) is 0 Å². The third kappa shape index (κ3) is 6.04. The van der Waals surface area contributed by atoms with E-state index in [2.05, 4.69) is 27.4 Å². The number of rotatable bonds is 10. The molecule has 3 aromatic rings. The van der Waals surface area contributed by atoms with E-state index in [1.807, 2.05) is 31.2 Å². The maximum Gasteiger partial charge on any atom is 0.234 e. The molecule has 0 bridgehead atoms. The summed E-state index contributed by atoms with van der Waals surface area (Å²) in [5.41, 5.74) is 1.95. The van der Waals surface area contributed by atoms with Crippen LogP contribution >= 0.6 is 11.8 Å². The van der Waals surface area contributed by atoms with Crippen LogP contribution in [0.1, 0.15) is 18.3 Å². The molecular weight excluding hydrogens is 429 g/mol. The Hall–Kier alpha value is -3.46. The average molecular weight is 454 g/mol. The van der Waals surface area contributed by atoms with Gasteiger partial charge in [-0.2, -0.15) is 0 Å². The number of benzene rings is 2. The molecule has 0 aliphatic carbocycles. The number of nitrogens with one attached hydrogen (secondary N) is 2. The van der Waals surface area contributed by atoms with E-state index in [1.54, 1.807) is 22.8 Å². The molecule has 0 atom stereocenters. The number of allylic oxidation sites excluding steroid dienone is 1. The summed E-state index contributed by atoms with van der Waals surface area (Å²) in [6, 6.07) is 13.6. The molecule has 0 saturated heterocycles. The molecule has 2 amide bonds. The smallest absolute Gasteiger partial charge is 0.234 e. The molecule has 9 heteroatoms. The molecule has 2 aromatic carbocycles. The third-order valence-electron chi connectivity index (χ3n) is 4.58. The van der Waals surface area contributed by atoms with Crippen molar-refractivity contribution in [2.75, 3.05) is 16.4 Å². The van der Waals surface area contributed by atoms with Crippen molar-refractivity contribution in [1.82, 2.24) is 14.8 Å². The highest BCUT2D eigenvalue weighted by Crippen LogP contribution is 2.20. The lowest BCUT2D eigenvalue weighted by molar-refractivity contribution is -0.116. The van der Waals surface area contributed by atoms with Gasteiger partial charge in [-0.1, -0.05) is 55.1 Å². The topological polar surface area (TPSA) is 88.9 Å². The van der Waals surface area contributed by atoms with Gasteiger partial charge in [0.1, 0.15) is 11.6 Å². The predicted octanol–water partition coefficient (Wildman–Crippen LogP) is 4.08. The fraction of sp³-hybridized carbons (Fsp3) is 0.217. The summed E-state index contributed by atoms with van der Waals surface area (Å²) in [6.45, 7) is 6.13. The summed E-state index contributed by atoms with van der Waals surface area (Å²) in [6.07, 6.45) is 2.38. The molecule has 7 nitrogen and oxygen atoms in total. The number of amides is 2. The number of hydrogen-bond donors (Lipinski definition) is 2. The number of carbonyl (C=O) groups excluding carboxylic acids is 2. The number of halogens is 1. The van der Waals surface area contributed by atoms with E-state index in [9.17, 15) is 14.0 Å². The number of aryl methyl sites for hydroxylation is 1. The summed E-state index contributed by atoms with van der Waals surface area (Å²) in [7, 11) is 0. The average Bonchev–Trinajstić information content (AvgIpc) is 3.15. The van der Waals surface area contributed by atoms with Crippen molar-refractivity contribution in [2.45, 2.75) is 31.5 Å². The number of aromatic nitrogens is 3. The quantitative estimate of drug-likeness (QED) is 0.357. The second-order valence-electron chi connectivity index (χ2n) is 6.85. The second-order valence-corrected chi connectivity index (χ2v) is 7.79. The zero-order chi connectivity index (χ0) is 22.9. The first-order valence-corrected chi connectivity index (χ1v) is 11.1. The molecule has 0 unspecified atom stereocenters. The van der Waals surface area contributed by atoms with Crippen molar-refractivity contribution in [1.29, 1.82) is 0 Å². The fourth-order valence-corrected chi connectivity index (χ4v) is 3.80. The van der Waals surface area contributed by atoms with Crippen LogP contribution in [0.4, 0.5) is 15.8 Å². The van der Waals surface area contributed by atoms with Gasteiger partial charge in [-0.25, -0.2) is 4.39 Å². The van der Waals surface area contributed by atoms with Gasteiger partial charge in [-0.3, -0.25) is 9.59 Å². The maximum atomic E-state index is 13.8. The van der Waals surface area contributed by atoms with E-state index >= 15 is 0 Å². The lowest BCUT2D eigenvalue weighted by Gasteiger charge is -2.10. The van der Waals surface area contributed by atoms with Crippen LogP contribution in [0.2, 0.25) is 0 Å². The van der Waals surface area contributed by atoms with Crippen LogP contribution in [-0.2, 0) is 29.0 Å². The van der Waals surface area contributed by atoms with Crippen LogP contribution < -0.4 is 10.6 Å². The summed E-state index contributed by atoms with van der Waals surface area (Å²) in [5, 5.41) is 14.2. The largest absolute Gasteiger partial charge is 0.325 e. The number of para-hydroxylation sites is 2. The standard InChI is InChI=1S/C23H24FN5O2S/c1-3-13-29-20(14-21(30)26-19-12-8-6-10-17(19)24)27-28-23(29)32-15-22(31)25-18-11-7-5-9-16(18)4-2/h3,5-12H,1,4,13-15H2,2H3,(H,25,31)(H,26,30). The zero-order valence-corrected chi connectivity index (χ0v) is 18.5. The lowest BCUT2D eigenvalue weighted by atomic mass is 10.1. The normalized spacial score (nSPS) is 10.6. The summed E-state index contributed by atoms with van der Waals surface area (Å²) in [5.74, 6) is -0.561. The molecule has 0 radical (unpaired) electrons. The monoisotopic (exact) mass is 453 g/mol. The van der Waals surface area contributed by atoms with Crippen molar-refractivity contribution >= 4 is 35.0 Å².